The first kappa shape index (κ1) is 20.3. The van der Waals surface area contributed by atoms with Gasteiger partial charge in [-0.05, 0) is 36.3 Å². The molecule has 1 aliphatic carbocycles. The minimum atomic E-state index is -0.572. The Balaban J connectivity index is 2.08. The second-order valence-electron chi connectivity index (χ2n) is 7.78. The van der Waals surface area contributed by atoms with Crippen LogP contribution in [-0.4, -0.2) is 31.0 Å². The van der Waals surface area contributed by atoms with Gasteiger partial charge in [0.25, 0.3) is 5.91 Å². The topological polar surface area (TPSA) is 67.4 Å². The monoisotopic (exact) mass is 360 g/mol. The summed E-state index contributed by atoms with van der Waals surface area (Å²) in [6.07, 6.45) is 3.35. The van der Waals surface area contributed by atoms with Crippen LogP contribution in [0.4, 0.5) is 0 Å². The zero-order valence-corrected chi connectivity index (χ0v) is 16.5. The van der Waals surface area contributed by atoms with Crippen LogP contribution in [0.15, 0.2) is 24.3 Å². The van der Waals surface area contributed by atoms with E-state index in [-0.39, 0.29) is 23.8 Å². The van der Waals surface area contributed by atoms with Gasteiger partial charge in [0.2, 0.25) is 5.91 Å². The second-order valence-corrected chi connectivity index (χ2v) is 7.78. The summed E-state index contributed by atoms with van der Waals surface area (Å²) < 4.78 is 5.25. The Morgan fingerprint density at radius 1 is 1.15 bits per heavy atom. The Morgan fingerprint density at radius 2 is 1.85 bits per heavy atom. The molecule has 0 heterocycles. The van der Waals surface area contributed by atoms with Crippen LogP contribution in [0.5, 0.6) is 5.75 Å². The summed E-state index contributed by atoms with van der Waals surface area (Å²) in [6, 6.07) is 6.65. The molecule has 0 bridgehead atoms. The van der Waals surface area contributed by atoms with Crippen molar-refractivity contribution in [2.24, 2.45) is 17.8 Å². The number of nitrogens with one attached hydrogen (secondary N) is 2. The van der Waals surface area contributed by atoms with Gasteiger partial charge in [-0.15, -0.1) is 0 Å². The molecule has 0 aromatic heterocycles. The van der Waals surface area contributed by atoms with Gasteiger partial charge in [0.15, 0.2) is 0 Å². The van der Waals surface area contributed by atoms with E-state index < -0.39 is 6.04 Å². The normalized spacial score (nSPS) is 24.0. The molecule has 2 amide bonds. The van der Waals surface area contributed by atoms with Crippen molar-refractivity contribution in [1.29, 1.82) is 0 Å². The molecule has 5 nitrogen and oxygen atoms in total. The number of methoxy groups -OCH3 is 1. The first-order valence-electron chi connectivity index (χ1n) is 9.59. The fraction of sp³-hybridized carbons (Fsp3) is 0.619. The van der Waals surface area contributed by atoms with Gasteiger partial charge < -0.3 is 15.4 Å². The number of para-hydroxylation sites is 1. The molecule has 2 N–H and O–H groups in total. The van der Waals surface area contributed by atoms with Crippen LogP contribution in [0.2, 0.25) is 0 Å². The highest BCUT2D eigenvalue weighted by Gasteiger charge is 2.32. The van der Waals surface area contributed by atoms with E-state index in [1.807, 2.05) is 19.9 Å². The summed E-state index contributed by atoms with van der Waals surface area (Å²) in [5.74, 6) is 1.16. The minimum Gasteiger partial charge on any atom is -0.496 e. The van der Waals surface area contributed by atoms with Crippen LogP contribution in [0.3, 0.4) is 0 Å². The van der Waals surface area contributed by atoms with Crippen molar-refractivity contribution >= 4 is 11.8 Å². The third kappa shape index (κ3) is 4.77. The first-order valence-corrected chi connectivity index (χ1v) is 9.59. The van der Waals surface area contributed by atoms with Crippen molar-refractivity contribution in [1.82, 2.24) is 10.6 Å². The molecule has 144 valence electrons. The molecular formula is C21H32N2O3. The lowest BCUT2D eigenvalue weighted by atomic mass is 9.78. The number of carbonyl (C=O) groups excluding carboxylic acids is 2. The summed E-state index contributed by atoms with van der Waals surface area (Å²) in [5.41, 5.74) is 0.438. The van der Waals surface area contributed by atoms with Crippen LogP contribution < -0.4 is 15.4 Å². The van der Waals surface area contributed by atoms with Crippen molar-refractivity contribution < 1.29 is 14.3 Å². The molecule has 1 aromatic rings. The van der Waals surface area contributed by atoms with E-state index >= 15 is 0 Å². The SMILES string of the molecule is COc1ccccc1C(=O)NC(C(=O)NC1CCCC(C)C1C)C(C)C. The highest BCUT2D eigenvalue weighted by Crippen LogP contribution is 2.29. The molecule has 4 unspecified atom stereocenters. The van der Waals surface area contributed by atoms with Crippen molar-refractivity contribution in [2.75, 3.05) is 7.11 Å². The Kier molecular flexibility index (Phi) is 7.06. The van der Waals surface area contributed by atoms with Crippen molar-refractivity contribution in [3.8, 4) is 5.75 Å². The fourth-order valence-electron chi connectivity index (χ4n) is 3.64. The molecule has 26 heavy (non-hydrogen) atoms. The van der Waals surface area contributed by atoms with Crippen molar-refractivity contribution in [2.45, 2.75) is 59.0 Å². The van der Waals surface area contributed by atoms with Crippen LogP contribution in [0.25, 0.3) is 0 Å². The van der Waals surface area contributed by atoms with E-state index in [0.717, 1.165) is 12.8 Å². The van der Waals surface area contributed by atoms with E-state index in [9.17, 15) is 9.59 Å². The van der Waals surface area contributed by atoms with Crippen molar-refractivity contribution in [3.63, 3.8) is 0 Å². The molecule has 0 radical (unpaired) electrons. The predicted molar refractivity (Wildman–Crippen MR) is 103 cm³/mol. The van der Waals surface area contributed by atoms with Gasteiger partial charge >= 0.3 is 0 Å². The third-order valence-corrected chi connectivity index (χ3v) is 5.62. The van der Waals surface area contributed by atoms with Gasteiger partial charge in [0.05, 0.1) is 12.7 Å². The molecule has 4 atom stereocenters. The number of ether oxygens (including phenoxy) is 1. The van der Waals surface area contributed by atoms with E-state index in [2.05, 4.69) is 24.5 Å². The highest BCUT2D eigenvalue weighted by molar-refractivity contribution is 5.99. The lowest BCUT2D eigenvalue weighted by Crippen LogP contribution is -2.54. The number of hydrogen-bond donors (Lipinski definition) is 2. The highest BCUT2D eigenvalue weighted by atomic mass is 16.5. The summed E-state index contributed by atoms with van der Waals surface area (Å²) in [5, 5.41) is 6.07. The molecule has 1 saturated carbocycles. The molecule has 2 rings (SSSR count). The molecule has 1 aromatic carbocycles. The Labute approximate surface area is 156 Å². The Morgan fingerprint density at radius 3 is 2.50 bits per heavy atom. The number of carbonyl (C=O) groups is 2. The van der Waals surface area contributed by atoms with E-state index in [0.29, 0.717) is 23.1 Å². The molecule has 5 heteroatoms. The largest absolute Gasteiger partial charge is 0.496 e. The maximum Gasteiger partial charge on any atom is 0.255 e. The molecule has 1 aliphatic rings. The summed E-state index contributed by atoms with van der Waals surface area (Å²) in [6.45, 7) is 8.33. The number of benzene rings is 1. The van der Waals surface area contributed by atoms with Gasteiger partial charge in [0.1, 0.15) is 11.8 Å². The molecular weight excluding hydrogens is 328 g/mol. The van der Waals surface area contributed by atoms with Crippen LogP contribution >= 0.6 is 0 Å². The van der Waals surface area contributed by atoms with Gasteiger partial charge in [-0.25, -0.2) is 0 Å². The van der Waals surface area contributed by atoms with E-state index in [4.69, 9.17) is 4.74 Å². The average Bonchev–Trinajstić information content (AvgIpc) is 2.62. The quantitative estimate of drug-likeness (QED) is 0.817. The van der Waals surface area contributed by atoms with E-state index in [1.54, 1.807) is 18.2 Å². The van der Waals surface area contributed by atoms with Crippen LogP contribution in [-0.2, 0) is 4.79 Å². The second kappa shape index (κ2) is 9.06. The maximum atomic E-state index is 12.9. The Hall–Kier alpha value is -2.04. The smallest absolute Gasteiger partial charge is 0.255 e. The van der Waals surface area contributed by atoms with E-state index in [1.165, 1.54) is 13.5 Å². The predicted octanol–water partition coefficient (Wildman–Crippen LogP) is 3.39. The molecule has 0 spiro atoms. The number of rotatable bonds is 6. The third-order valence-electron chi connectivity index (χ3n) is 5.62. The number of amides is 2. The fourth-order valence-corrected chi connectivity index (χ4v) is 3.64. The van der Waals surface area contributed by atoms with Crippen LogP contribution in [0.1, 0.15) is 57.3 Å². The van der Waals surface area contributed by atoms with Crippen molar-refractivity contribution in [3.05, 3.63) is 29.8 Å². The Bertz CT molecular complexity index is 629. The average molecular weight is 360 g/mol. The molecule has 0 aliphatic heterocycles. The lowest BCUT2D eigenvalue weighted by molar-refractivity contribution is -0.125. The zero-order chi connectivity index (χ0) is 19.3. The molecule has 1 fully saturated rings. The summed E-state index contributed by atoms with van der Waals surface area (Å²) in [4.78, 5) is 25.6. The standard InChI is InChI=1S/C21H32N2O3/c1-13(2)19(21(25)22-17-11-8-9-14(3)15(17)4)23-20(24)16-10-6-7-12-18(16)26-5/h6-7,10,12-15,17,19H,8-9,11H2,1-5H3,(H,22,25)(H,23,24). The minimum absolute atomic E-state index is 0.00928. The first-order chi connectivity index (χ1) is 12.3. The molecule has 0 saturated heterocycles. The zero-order valence-electron chi connectivity index (χ0n) is 16.5. The lowest BCUT2D eigenvalue weighted by Gasteiger charge is -2.36. The summed E-state index contributed by atoms with van der Waals surface area (Å²) >= 11 is 0. The maximum absolute atomic E-state index is 12.9. The van der Waals surface area contributed by atoms with Crippen LogP contribution in [0, 0.1) is 17.8 Å². The number of hydrogen-bond acceptors (Lipinski definition) is 3. The van der Waals surface area contributed by atoms with Gasteiger partial charge in [-0.3, -0.25) is 9.59 Å². The van der Waals surface area contributed by atoms with Gasteiger partial charge in [-0.1, -0.05) is 52.7 Å². The summed E-state index contributed by atoms with van der Waals surface area (Å²) in [7, 11) is 1.53. The van der Waals surface area contributed by atoms with Gasteiger partial charge in [-0.2, -0.15) is 0 Å². The van der Waals surface area contributed by atoms with Gasteiger partial charge in [0, 0.05) is 6.04 Å².